The second kappa shape index (κ2) is 5.62. The van der Waals surface area contributed by atoms with Crippen LogP contribution in [-0.4, -0.2) is 25.3 Å². The lowest BCUT2D eigenvalue weighted by atomic mass is 9.87. The van der Waals surface area contributed by atoms with E-state index < -0.39 is 5.97 Å². The van der Waals surface area contributed by atoms with Crippen LogP contribution in [0.25, 0.3) is 0 Å². The van der Waals surface area contributed by atoms with Crippen molar-refractivity contribution < 1.29 is 19.0 Å². The predicted molar refractivity (Wildman–Crippen MR) is 62.8 cm³/mol. The van der Waals surface area contributed by atoms with E-state index >= 15 is 0 Å². The Morgan fingerprint density at radius 2 is 2.29 bits per heavy atom. The quantitative estimate of drug-likeness (QED) is 0.556. The first-order valence-electron chi connectivity index (χ1n) is 5.54. The number of hydrogen-bond donors (Lipinski definition) is 0. The van der Waals surface area contributed by atoms with Crippen LogP contribution in [0.1, 0.15) is 27.2 Å². The van der Waals surface area contributed by atoms with Gasteiger partial charge in [-0.15, -0.1) is 12.3 Å². The van der Waals surface area contributed by atoms with E-state index in [2.05, 4.69) is 5.92 Å². The van der Waals surface area contributed by atoms with Crippen LogP contribution in [-0.2, 0) is 19.0 Å². The molecule has 4 heteroatoms. The van der Waals surface area contributed by atoms with Crippen molar-refractivity contribution >= 4 is 5.97 Å². The standard InChI is InChI=1S/C13H18O4/c1-5-6-11(13(2,3)4)17-12(14)10-9-15-7-8-16-10/h1,9,11H,6-8H2,2-4H3/t11-/m0/s1. The van der Waals surface area contributed by atoms with Gasteiger partial charge in [0.2, 0.25) is 5.76 Å². The summed E-state index contributed by atoms with van der Waals surface area (Å²) in [5.74, 6) is 2.09. The Kier molecular flexibility index (Phi) is 4.45. The lowest BCUT2D eigenvalue weighted by Crippen LogP contribution is -2.32. The summed E-state index contributed by atoms with van der Waals surface area (Å²) in [5.41, 5.74) is -0.210. The SMILES string of the molecule is C#CC[C@H](OC(=O)C1=COCCO1)C(C)(C)C. The molecular weight excluding hydrogens is 220 g/mol. The summed E-state index contributed by atoms with van der Waals surface area (Å²) in [4.78, 5) is 11.8. The molecule has 0 saturated carbocycles. The fourth-order valence-electron chi connectivity index (χ4n) is 1.29. The van der Waals surface area contributed by atoms with Crippen LogP contribution in [0, 0.1) is 17.8 Å². The molecule has 0 radical (unpaired) electrons. The Bertz CT molecular complexity index is 343. The van der Waals surface area contributed by atoms with E-state index in [0.29, 0.717) is 19.6 Å². The van der Waals surface area contributed by atoms with Gasteiger partial charge < -0.3 is 14.2 Å². The summed E-state index contributed by atoms with van der Waals surface area (Å²) < 4.78 is 15.5. The Hall–Kier alpha value is -1.63. The van der Waals surface area contributed by atoms with Crippen LogP contribution in [0.15, 0.2) is 12.0 Å². The number of ether oxygens (including phenoxy) is 3. The Balaban J connectivity index is 2.64. The maximum atomic E-state index is 11.8. The highest BCUT2D eigenvalue weighted by Crippen LogP contribution is 2.25. The molecule has 1 atom stereocenters. The molecule has 0 bridgehead atoms. The van der Waals surface area contributed by atoms with Crippen molar-refractivity contribution in [3.8, 4) is 12.3 Å². The van der Waals surface area contributed by atoms with Crippen LogP contribution in [0.2, 0.25) is 0 Å². The summed E-state index contributed by atoms with van der Waals surface area (Å²) in [6.07, 6.45) is 6.58. The first kappa shape index (κ1) is 13.4. The molecule has 1 aliphatic rings. The number of carbonyl (C=O) groups is 1. The van der Waals surface area contributed by atoms with Crippen LogP contribution in [0.3, 0.4) is 0 Å². The van der Waals surface area contributed by atoms with Gasteiger partial charge in [0.05, 0.1) is 0 Å². The fraction of sp³-hybridized carbons (Fsp3) is 0.615. The minimum Gasteiger partial charge on any atom is -0.493 e. The molecule has 0 aromatic rings. The van der Waals surface area contributed by atoms with Crippen molar-refractivity contribution in [2.75, 3.05) is 13.2 Å². The zero-order valence-electron chi connectivity index (χ0n) is 10.5. The van der Waals surface area contributed by atoms with Gasteiger partial charge in [-0.1, -0.05) is 20.8 Å². The highest BCUT2D eigenvalue weighted by molar-refractivity contribution is 5.86. The zero-order chi connectivity index (χ0) is 12.9. The third-order valence-corrected chi connectivity index (χ3v) is 2.37. The predicted octanol–water partition coefficient (Wildman–Crippen LogP) is 1.86. The maximum absolute atomic E-state index is 11.8. The van der Waals surface area contributed by atoms with E-state index in [1.807, 2.05) is 20.8 Å². The van der Waals surface area contributed by atoms with Crippen molar-refractivity contribution in [3.63, 3.8) is 0 Å². The van der Waals surface area contributed by atoms with E-state index in [9.17, 15) is 4.79 Å². The summed E-state index contributed by atoms with van der Waals surface area (Å²) in [6.45, 7) is 6.71. The van der Waals surface area contributed by atoms with Crippen LogP contribution in [0.5, 0.6) is 0 Å². The molecule has 0 aliphatic carbocycles. The smallest absolute Gasteiger partial charge is 0.377 e. The average molecular weight is 238 g/mol. The molecule has 94 valence electrons. The second-order valence-corrected chi connectivity index (χ2v) is 4.87. The highest BCUT2D eigenvalue weighted by atomic mass is 16.6. The van der Waals surface area contributed by atoms with E-state index in [0.717, 1.165) is 0 Å². The fourth-order valence-corrected chi connectivity index (χ4v) is 1.29. The molecule has 4 nitrogen and oxygen atoms in total. The van der Waals surface area contributed by atoms with E-state index in [1.54, 1.807) is 0 Å². The number of terminal acetylenes is 1. The summed E-state index contributed by atoms with van der Waals surface area (Å²) in [7, 11) is 0. The third kappa shape index (κ3) is 4.03. The van der Waals surface area contributed by atoms with Gasteiger partial charge in [-0.3, -0.25) is 0 Å². The van der Waals surface area contributed by atoms with Crippen molar-refractivity contribution in [2.45, 2.75) is 33.3 Å². The van der Waals surface area contributed by atoms with Crippen molar-refractivity contribution in [1.82, 2.24) is 0 Å². The number of esters is 1. The Labute approximate surface area is 102 Å². The number of rotatable bonds is 3. The molecule has 0 unspecified atom stereocenters. The molecule has 0 saturated heterocycles. The van der Waals surface area contributed by atoms with Gasteiger partial charge in [-0.05, 0) is 5.41 Å². The Morgan fingerprint density at radius 1 is 1.59 bits per heavy atom. The molecular formula is C13H18O4. The molecule has 1 aliphatic heterocycles. The van der Waals surface area contributed by atoms with Gasteiger partial charge >= 0.3 is 5.97 Å². The molecule has 0 fully saturated rings. The first-order chi connectivity index (χ1) is 7.95. The minimum absolute atomic E-state index is 0.0996. The minimum atomic E-state index is -0.528. The molecule has 0 aromatic carbocycles. The Morgan fingerprint density at radius 3 is 2.76 bits per heavy atom. The van der Waals surface area contributed by atoms with Gasteiger partial charge in [-0.2, -0.15) is 0 Å². The molecule has 0 N–H and O–H groups in total. The first-order valence-corrected chi connectivity index (χ1v) is 5.54. The average Bonchev–Trinajstić information content (AvgIpc) is 2.28. The molecule has 0 aromatic heterocycles. The van der Waals surface area contributed by atoms with Crippen LogP contribution < -0.4 is 0 Å². The van der Waals surface area contributed by atoms with Gasteiger partial charge in [0, 0.05) is 6.42 Å². The van der Waals surface area contributed by atoms with E-state index in [1.165, 1.54) is 6.26 Å². The third-order valence-electron chi connectivity index (χ3n) is 2.37. The van der Waals surface area contributed by atoms with Crippen LogP contribution in [0.4, 0.5) is 0 Å². The number of hydrogen-bond acceptors (Lipinski definition) is 4. The monoisotopic (exact) mass is 238 g/mol. The normalized spacial score (nSPS) is 16.9. The summed E-state index contributed by atoms with van der Waals surface area (Å²) >= 11 is 0. The highest BCUT2D eigenvalue weighted by Gasteiger charge is 2.29. The second-order valence-electron chi connectivity index (χ2n) is 4.87. The maximum Gasteiger partial charge on any atom is 0.377 e. The molecule has 1 rings (SSSR count). The molecule has 17 heavy (non-hydrogen) atoms. The topological polar surface area (TPSA) is 44.8 Å². The van der Waals surface area contributed by atoms with Crippen molar-refractivity contribution in [2.24, 2.45) is 5.41 Å². The van der Waals surface area contributed by atoms with Crippen molar-refractivity contribution in [1.29, 1.82) is 0 Å². The van der Waals surface area contributed by atoms with Crippen molar-refractivity contribution in [3.05, 3.63) is 12.0 Å². The zero-order valence-corrected chi connectivity index (χ0v) is 10.5. The van der Waals surface area contributed by atoms with Gasteiger partial charge in [0.1, 0.15) is 25.6 Å². The van der Waals surface area contributed by atoms with Gasteiger partial charge in [-0.25, -0.2) is 4.79 Å². The van der Waals surface area contributed by atoms with E-state index in [-0.39, 0.29) is 17.3 Å². The van der Waals surface area contributed by atoms with Gasteiger partial charge in [0.15, 0.2) is 0 Å². The lowest BCUT2D eigenvalue weighted by molar-refractivity contribution is -0.155. The molecule has 1 heterocycles. The van der Waals surface area contributed by atoms with Gasteiger partial charge in [0.25, 0.3) is 0 Å². The largest absolute Gasteiger partial charge is 0.493 e. The number of carbonyl (C=O) groups excluding carboxylic acids is 1. The molecule has 0 spiro atoms. The summed E-state index contributed by atoms with van der Waals surface area (Å²) in [5, 5.41) is 0. The lowest BCUT2D eigenvalue weighted by Gasteiger charge is -2.29. The molecule has 0 amide bonds. The van der Waals surface area contributed by atoms with Crippen LogP contribution >= 0.6 is 0 Å². The summed E-state index contributed by atoms with van der Waals surface area (Å²) in [6, 6.07) is 0. The van der Waals surface area contributed by atoms with E-state index in [4.69, 9.17) is 20.6 Å².